The third-order valence-electron chi connectivity index (χ3n) is 6.17. The topological polar surface area (TPSA) is 97.4 Å². The second-order valence-corrected chi connectivity index (χ2v) is 9.59. The molecule has 0 radical (unpaired) electrons. The van der Waals surface area contributed by atoms with Crippen molar-refractivity contribution < 1.29 is 38.1 Å². The monoisotopic (exact) mass is 490 g/mol. The van der Waals surface area contributed by atoms with Gasteiger partial charge in [0.15, 0.2) is 11.6 Å². The molecule has 194 valence electrons. The first-order valence-electron chi connectivity index (χ1n) is 11.8. The number of benzene rings is 1. The van der Waals surface area contributed by atoms with E-state index in [1.165, 1.54) is 13.0 Å². The van der Waals surface area contributed by atoms with Gasteiger partial charge in [-0.2, -0.15) is 0 Å². The number of carbonyl (C=O) groups excluding carboxylic acids is 3. The van der Waals surface area contributed by atoms with E-state index in [9.17, 15) is 14.4 Å². The van der Waals surface area contributed by atoms with Gasteiger partial charge in [0.05, 0.1) is 19.8 Å². The Hall–Kier alpha value is -2.55. The van der Waals surface area contributed by atoms with Crippen LogP contribution in [0.2, 0.25) is 0 Å². The average Bonchev–Trinajstić information content (AvgIpc) is 3.04. The Morgan fingerprint density at radius 2 is 1.77 bits per heavy atom. The van der Waals surface area contributed by atoms with Crippen molar-refractivity contribution in [1.82, 2.24) is 0 Å². The number of methoxy groups -OCH3 is 1. The summed E-state index contributed by atoms with van der Waals surface area (Å²) in [4.78, 5) is 35.6. The van der Waals surface area contributed by atoms with Crippen LogP contribution < -0.4 is 4.74 Å². The molecule has 0 spiro atoms. The van der Waals surface area contributed by atoms with Crippen LogP contribution in [0, 0.1) is 5.92 Å². The van der Waals surface area contributed by atoms with Gasteiger partial charge in [-0.3, -0.25) is 9.59 Å². The van der Waals surface area contributed by atoms with E-state index in [1.54, 1.807) is 21.0 Å². The molecule has 0 amide bonds. The summed E-state index contributed by atoms with van der Waals surface area (Å²) in [7, 11) is 1.63. The number of ether oxygens (including phenoxy) is 5. The molecule has 1 aromatic rings. The van der Waals surface area contributed by atoms with E-state index in [0.29, 0.717) is 25.2 Å². The number of carbonyl (C=O) groups is 3. The van der Waals surface area contributed by atoms with Crippen molar-refractivity contribution in [3.05, 3.63) is 41.5 Å². The van der Waals surface area contributed by atoms with Crippen LogP contribution in [0.5, 0.6) is 5.75 Å². The third-order valence-corrected chi connectivity index (χ3v) is 6.17. The highest BCUT2D eigenvalue weighted by Crippen LogP contribution is 2.42. The van der Waals surface area contributed by atoms with Crippen LogP contribution in [-0.2, 0) is 39.9 Å². The molecule has 8 heteroatoms. The maximum Gasteiger partial charge on any atom is 0.331 e. The van der Waals surface area contributed by atoms with E-state index < -0.39 is 23.3 Å². The SMILES string of the molecule is COc1ccc(COCC[C@H]2OC(C)(C)O[C@]2(C)/C(C)=C/C(=O)OCC(=O)C[C@H](C)C(C)=O)cc1. The Balaban J connectivity index is 1.93. The lowest BCUT2D eigenvalue weighted by atomic mass is 9.89. The Morgan fingerprint density at radius 3 is 2.37 bits per heavy atom. The fraction of sp³-hybridized carbons (Fsp3) is 0.593. The average molecular weight is 491 g/mol. The minimum Gasteiger partial charge on any atom is -0.497 e. The molecule has 1 saturated heterocycles. The van der Waals surface area contributed by atoms with Gasteiger partial charge in [0, 0.05) is 31.4 Å². The van der Waals surface area contributed by atoms with E-state index in [-0.39, 0.29) is 30.7 Å². The van der Waals surface area contributed by atoms with Gasteiger partial charge in [0.1, 0.15) is 23.7 Å². The number of hydrogen-bond acceptors (Lipinski definition) is 8. The normalized spacial score (nSPS) is 22.5. The van der Waals surface area contributed by atoms with Crippen LogP contribution in [0.3, 0.4) is 0 Å². The lowest BCUT2D eigenvalue weighted by Crippen LogP contribution is -2.39. The molecule has 1 fully saturated rings. The first-order valence-corrected chi connectivity index (χ1v) is 11.8. The van der Waals surface area contributed by atoms with Crippen molar-refractivity contribution in [1.29, 1.82) is 0 Å². The highest BCUT2D eigenvalue weighted by molar-refractivity contribution is 5.89. The molecule has 1 aliphatic heterocycles. The van der Waals surface area contributed by atoms with Gasteiger partial charge in [0.25, 0.3) is 0 Å². The van der Waals surface area contributed by atoms with Crippen LogP contribution in [0.15, 0.2) is 35.9 Å². The van der Waals surface area contributed by atoms with Gasteiger partial charge < -0.3 is 23.7 Å². The molecule has 0 bridgehead atoms. The van der Waals surface area contributed by atoms with Gasteiger partial charge in [-0.15, -0.1) is 0 Å². The Morgan fingerprint density at radius 1 is 1.11 bits per heavy atom. The fourth-order valence-electron chi connectivity index (χ4n) is 3.88. The van der Waals surface area contributed by atoms with Gasteiger partial charge in [-0.05, 0) is 57.9 Å². The highest BCUT2D eigenvalue weighted by Gasteiger charge is 2.51. The maximum absolute atomic E-state index is 12.4. The molecule has 1 heterocycles. The second-order valence-electron chi connectivity index (χ2n) is 9.59. The quantitative estimate of drug-likeness (QED) is 0.231. The van der Waals surface area contributed by atoms with Crippen LogP contribution in [0.1, 0.15) is 59.9 Å². The minimum atomic E-state index is -0.876. The van der Waals surface area contributed by atoms with Crippen molar-refractivity contribution in [2.45, 2.75) is 78.5 Å². The van der Waals surface area contributed by atoms with Crippen molar-refractivity contribution in [2.24, 2.45) is 5.92 Å². The van der Waals surface area contributed by atoms with Gasteiger partial charge in [0.2, 0.25) is 0 Å². The van der Waals surface area contributed by atoms with Crippen molar-refractivity contribution in [3.63, 3.8) is 0 Å². The van der Waals surface area contributed by atoms with Crippen LogP contribution in [0.4, 0.5) is 0 Å². The second kappa shape index (κ2) is 12.4. The summed E-state index contributed by atoms with van der Waals surface area (Å²) in [6.07, 6.45) is 1.58. The first kappa shape index (κ1) is 28.7. The predicted molar refractivity (Wildman–Crippen MR) is 130 cm³/mol. The summed E-state index contributed by atoms with van der Waals surface area (Å²) in [6.45, 7) is 10.9. The molecule has 2 rings (SSSR count). The zero-order valence-electron chi connectivity index (χ0n) is 21.8. The smallest absolute Gasteiger partial charge is 0.331 e. The number of hydrogen-bond donors (Lipinski definition) is 0. The van der Waals surface area contributed by atoms with E-state index in [1.807, 2.05) is 45.0 Å². The van der Waals surface area contributed by atoms with E-state index in [2.05, 4.69) is 0 Å². The van der Waals surface area contributed by atoms with Gasteiger partial charge in [-0.1, -0.05) is 19.1 Å². The molecule has 0 aliphatic carbocycles. The summed E-state index contributed by atoms with van der Waals surface area (Å²) >= 11 is 0. The zero-order chi connectivity index (χ0) is 26.2. The van der Waals surface area contributed by atoms with E-state index in [0.717, 1.165) is 11.3 Å². The standard InChI is InChI=1S/C27H38O8/c1-18(20(3)28)14-22(29)17-33-25(30)15-19(2)27(6)24(34-26(4,5)35-27)12-13-32-16-21-8-10-23(31-7)11-9-21/h8-11,15,18,24H,12-14,16-17H2,1-7H3/b19-15+/t18-,24+,27+/m0/s1. The minimum absolute atomic E-state index is 0.0484. The van der Waals surface area contributed by atoms with Crippen molar-refractivity contribution >= 4 is 17.5 Å². The van der Waals surface area contributed by atoms with Crippen molar-refractivity contribution in [2.75, 3.05) is 20.3 Å². The molecule has 8 nitrogen and oxygen atoms in total. The maximum atomic E-state index is 12.4. The van der Waals surface area contributed by atoms with E-state index in [4.69, 9.17) is 23.7 Å². The molecule has 3 atom stereocenters. The Bertz CT molecular complexity index is 918. The summed E-state index contributed by atoms with van der Waals surface area (Å²) in [5.41, 5.74) is 0.778. The predicted octanol–water partition coefficient (Wildman–Crippen LogP) is 4.19. The third kappa shape index (κ3) is 8.56. The molecule has 0 N–H and O–H groups in total. The van der Waals surface area contributed by atoms with Crippen LogP contribution in [0.25, 0.3) is 0 Å². The largest absolute Gasteiger partial charge is 0.497 e. The molecular formula is C27H38O8. The Kier molecular flexibility index (Phi) is 10.2. The highest BCUT2D eigenvalue weighted by atomic mass is 16.8. The molecule has 35 heavy (non-hydrogen) atoms. The molecule has 1 aliphatic rings. The zero-order valence-corrected chi connectivity index (χ0v) is 21.8. The summed E-state index contributed by atoms with van der Waals surface area (Å²) in [5, 5.41) is 0. The summed E-state index contributed by atoms with van der Waals surface area (Å²) < 4.78 is 28.4. The van der Waals surface area contributed by atoms with Crippen molar-refractivity contribution in [3.8, 4) is 5.75 Å². The van der Waals surface area contributed by atoms with Crippen LogP contribution >= 0.6 is 0 Å². The molecule has 0 unspecified atom stereocenters. The Labute approximate surface area is 207 Å². The van der Waals surface area contributed by atoms with Gasteiger partial charge in [-0.25, -0.2) is 4.79 Å². The molecule has 1 aromatic carbocycles. The molecular weight excluding hydrogens is 452 g/mol. The number of rotatable bonds is 13. The molecule has 0 aromatic heterocycles. The first-order chi connectivity index (χ1) is 16.4. The summed E-state index contributed by atoms with van der Waals surface area (Å²) in [6, 6.07) is 7.67. The molecule has 0 saturated carbocycles. The number of Topliss-reactive ketones (excluding diaryl/α,β-unsaturated/α-hetero) is 2. The van der Waals surface area contributed by atoms with Crippen LogP contribution in [-0.4, -0.2) is 55.4 Å². The fourth-order valence-corrected chi connectivity index (χ4v) is 3.88. The lowest BCUT2D eigenvalue weighted by Gasteiger charge is -2.30. The lowest BCUT2D eigenvalue weighted by molar-refractivity contribution is -0.156. The number of ketones is 2. The van der Waals surface area contributed by atoms with Gasteiger partial charge >= 0.3 is 5.97 Å². The number of esters is 1. The van der Waals surface area contributed by atoms with E-state index >= 15 is 0 Å². The summed E-state index contributed by atoms with van der Waals surface area (Å²) in [5.74, 6) is -1.46.